The van der Waals surface area contributed by atoms with E-state index in [1.165, 1.54) is 37.5 Å². The van der Waals surface area contributed by atoms with Gasteiger partial charge in [-0.25, -0.2) is 13.6 Å². The Balaban J connectivity index is 1.60. The van der Waals surface area contributed by atoms with Gasteiger partial charge in [0, 0.05) is 0 Å². The van der Waals surface area contributed by atoms with E-state index in [-0.39, 0.29) is 17.1 Å². The molecular weight excluding hydrogens is 422 g/mol. The van der Waals surface area contributed by atoms with Crippen molar-refractivity contribution in [1.82, 2.24) is 0 Å². The maximum Gasteiger partial charge on any atom is 0.343 e. The average Bonchev–Trinajstić information content (AvgIpc) is 2.83. The topological polar surface area (TPSA) is 35.5 Å². The second-order valence-electron chi connectivity index (χ2n) is 7.99. The third-order valence-electron chi connectivity index (χ3n) is 5.50. The molecule has 0 aliphatic rings. The van der Waals surface area contributed by atoms with Crippen molar-refractivity contribution in [1.29, 1.82) is 0 Å². The summed E-state index contributed by atoms with van der Waals surface area (Å²) in [6.07, 6.45) is 6.25. The first-order chi connectivity index (χ1) is 16.0. The minimum Gasteiger partial charge on any atom is -0.491 e. The van der Waals surface area contributed by atoms with Crippen molar-refractivity contribution in [3.8, 4) is 22.6 Å². The summed E-state index contributed by atoms with van der Waals surface area (Å²) >= 11 is 0. The highest BCUT2D eigenvalue weighted by Crippen LogP contribution is 2.27. The van der Waals surface area contributed by atoms with Crippen molar-refractivity contribution in [2.75, 3.05) is 6.61 Å². The number of hydrogen-bond acceptors (Lipinski definition) is 3. The maximum atomic E-state index is 14.5. The van der Waals surface area contributed by atoms with E-state index in [1.807, 2.05) is 6.92 Å². The molecule has 0 bridgehead atoms. The van der Waals surface area contributed by atoms with Crippen LogP contribution in [0, 0.1) is 11.6 Å². The smallest absolute Gasteiger partial charge is 0.343 e. The van der Waals surface area contributed by atoms with Gasteiger partial charge in [-0.15, -0.1) is 0 Å². The minimum atomic E-state index is -0.654. The summed E-state index contributed by atoms with van der Waals surface area (Å²) in [5.74, 6) is -1.51. The summed E-state index contributed by atoms with van der Waals surface area (Å²) in [6, 6.07) is 15.9. The third-order valence-corrected chi connectivity index (χ3v) is 5.50. The van der Waals surface area contributed by atoms with Gasteiger partial charge in [-0.3, -0.25) is 0 Å². The molecule has 0 radical (unpaired) electrons. The lowest BCUT2D eigenvalue weighted by Crippen LogP contribution is -2.09. The summed E-state index contributed by atoms with van der Waals surface area (Å²) in [7, 11) is 0. The number of ether oxygens (including phenoxy) is 2. The van der Waals surface area contributed by atoms with Gasteiger partial charge in [-0.1, -0.05) is 63.8 Å². The molecule has 0 spiro atoms. The first-order valence-corrected chi connectivity index (χ1v) is 11.5. The largest absolute Gasteiger partial charge is 0.491 e. The minimum absolute atomic E-state index is 0.107. The lowest BCUT2D eigenvalue weighted by atomic mass is 10.0. The summed E-state index contributed by atoms with van der Waals surface area (Å²) in [5, 5.41) is 0. The van der Waals surface area contributed by atoms with E-state index < -0.39 is 17.6 Å². The van der Waals surface area contributed by atoms with E-state index in [4.69, 9.17) is 9.47 Å². The van der Waals surface area contributed by atoms with Crippen molar-refractivity contribution < 1.29 is 23.0 Å². The van der Waals surface area contributed by atoms with Gasteiger partial charge in [0.1, 0.15) is 0 Å². The van der Waals surface area contributed by atoms with Crippen LogP contribution in [0.25, 0.3) is 11.1 Å². The first-order valence-electron chi connectivity index (χ1n) is 11.5. The second kappa shape index (κ2) is 12.1. The molecule has 3 rings (SSSR count). The monoisotopic (exact) mass is 452 g/mol. The summed E-state index contributed by atoms with van der Waals surface area (Å²) in [5.41, 5.74) is 2.52. The van der Waals surface area contributed by atoms with E-state index in [0.717, 1.165) is 24.0 Å². The zero-order chi connectivity index (χ0) is 23.6. The van der Waals surface area contributed by atoms with Gasteiger partial charge in [-0.05, 0) is 65.9 Å². The fourth-order valence-corrected chi connectivity index (χ4v) is 3.49. The number of halogens is 2. The standard InChI is InChI=1S/C28H30F2O3/c1-3-5-6-7-8-17-32-26-16-14-23(19-25(26)30)21-10-12-22(13-11-21)28(31)33-27-15-9-20(4-2)18-24(27)29/h9-16,18-19H,3-8,17H2,1-2H3. The number of unbranched alkanes of at least 4 members (excludes halogenated alkanes) is 4. The third kappa shape index (κ3) is 6.88. The Hall–Kier alpha value is -3.21. The zero-order valence-corrected chi connectivity index (χ0v) is 19.2. The van der Waals surface area contributed by atoms with E-state index in [2.05, 4.69) is 6.92 Å². The van der Waals surface area contributed by atoms with Crippen LogP contribution in [0.3, 0.4) is 0 Å². The van der Waals surface area contributed by atoms with Crippen LogP contribution in [0.2, 0.25) is 0 Å². The summed E-state index contributed by atoms with van der Waals surface area (Å²) in [6.45, 7) is 4.59. The number of aryl methyl sites for hydroxylation is 1. The summed E-state index contributed by atoms with van der Waals surface area (Å²) in [4.78, 5) is 12.4. The number of carbonyl (C=O) groups is 1. The molecule has 5 heteroatoms. The number of benzene rings is 3. The Labute approximate surface area is 194 Å². The lowest BCUT2D eigenvalue weighted by Gasteiger charge is -2.10. The fraction of sp³-hybridized carbons (Fsp3) is 0.321. The quantitative estimate of drug-likeness (QED) is 0.169. The van der Waals surface area contributed by atoms with Gasteiger partial charge in [0.15, 0.2) is 23.1 Å². The van der Waals surface area contributed by atoms with Crippen LogP contribution in [-0.4, -0.2) is 12.6 Å². The molecule has 3 aromatic rings. The number of esters is 1. The molecule has 0 aliphatic carbocycles. The highest BCUT2D eigenvalue weighted by atomic mass is 19.1. The van der Waals surface area contributed by atoms with E-state index >= 15 is 0 Å². The Morgan fingerprint density at radius 3 is 2.09 bits per heavy atom. The van der Waals surface area contributed by atoms with Crippen LogP contribution in [0.1, 0.15) is 61.9 Å². The van der Waals surface area contributed by atoms with Crippen molar-refractivity contribution >= 4 is 5.97 Å². The molecule has 33 heavy (non-hydrogen) atoms. The van der Waals surface area contributed by atoms with Crippen LogP contribution in [-0.2, 0) is 6.42 Å². The van der Waals surface area contributed by atoms with Gasteiger partial charge in [0.2, 0.25) is 0 Å². The molecule has 3 nitrogen and oxygen atoms in total. The molecule has 0 unspecified atom stereocenters. The first kappa shape index (κ1) is 24.4. The average molecular weight is 453 g/mol. The lowest BCUT2D eigenvalue weighted by molar-refractivity contribution is 0.0728. The van der Waals surface area contributed by atoms with Crippen LogP contribution in [0.4, 0.5) is 8.78 Å². The predicted molar refractivity (Wildman–Crippen MR) is 127 cm³/mol. The van der Waals surface area contributed by atoms with Gasteiger partial charge < -0.3 is 9.47 Å². The van der Waals surface area contributed by atoms with Crippen molar-refractivity contribution in [2.24, 2.45) is 0 Å². The van der Waals surface area contributed by atoms with Crippen molar-refractivity contribution in [3.05, 3.63) is 83.4 Å². The molecule has 0 amide bonds. The second-order valence-corrected chi connectivity index (χ2v) is 7.99. The van der Waals surface area contributed by atoms with Gasteiger partial charge in [0.05, 0.1) is 12.2 Å². The van der Waals surface area contributed by atoms with E-state index in [9.17, 15) is 13.6 Å². The molecule has 0 saturated heterocycles. The molecule has 0 N–H and O–H groups in total. The number of hydrogen-bond donors (Lipinski definition) is 0. The molecular formula is C28H30F2O3. The predicted octanol–water partition coefficient (Wildman–Crippen LogP) is 7.76. The van der Waals surface area contributed by atoms with E-state index in [0.29, 0.717) is 18.6 Å². The Kier molecular flexibility index (Phi) is 8.99. The molecule has 0 heterocycles. The van der Waals surface area contributed by atoms with Gasteiger partial charge >= 0.3 is 5.97 Å². The number of carbonyl (C=O) groups excluding carboxylic acids is 1. The van der Waals surface area contributed by atoms with Crippen molar-refractivity contribution in [3.63, 3.8) is 0 Å². The maximum absolute atomic E-state index is 14.5. The Bertz CT molecular complexity index is 1060. The van der Waals surface area contributed by atoms with Gasteiger partial charge in [0.25, 0.3) is 0 Å². The van der Waals surface area contributed by atoms with E-state index in [1.54, 1.807) is 42.5 Å². The van der Waals surface area contributed by atoms with Crippen LogP contribution >= 0.6 is 0 Å². The molecule has 0 saturated carbocycles. The SMILES string of the molecule is CCCCCCCOc1ccc(-c2ccc(C(=O)Oc3ccc(CC)cc3F)cc2)cc1F. The molecule has 0 aromatic heterocycles. The summed E-state index contributed by atoms with van der Waals surface area (Å²) < 4.78 is 39.3. The zero-order valence-electron chi connectivity index (χ0n) is 19.2. The molecule has 3 aromatic carbocycles. The Morgan fingerprint density at radius 2 is 1.42 bits per heavy atom. The van der Waals surface area contributed by atoms with Gasteiger partial charge in [-0.2, -0.15) is 0 Å². The van der Waals surface area contributed by atoms with Crippen LogP contribution in [0.5, 0.6) is 11.5 Å². The van der Waals surface area contributed by atoms with Crippen LogP contribution in [0.15, 0.2) is 60.7 Å². The van der Waals surface area contributed by atoms with Crippen LogP contribution < -0.4 is 9.47 Å². The highest BCUT2D eigenvalue weighted by Gasteiger charge is 2.13. The molecule has 0 atom stereocenters. The normalized spacial score (nSPS) is 10.8. The molecule has 174 valence electrons. The molecule has 0 fully saturated rings. The highest BCUT2D eigenvalue weighted by molar-refractivity contribution is 5.91. The molecule has 0 aliphatic heterocycles. The number of rotatable bonds is 11. The van der Waals surface area contributed by atoms with Crippen molar-refractivity contribution in [2.45, 2.75) is 52.4 Å². The Morgan fingerprint density at radius 1 is 0.758 bits per heavy atom. The fourth-order valence-electron chi connectivity index (χ4n) is 3.49.